The van der Waals surface area contributed by atoms with Crippen molar-refractivity contribution in [3.63, 3.8) is 0 Å². The predicted octanol–water partition coefficient (Wildman–Crippen LogP) is 2.73. The van der Waals surface area contributed by atoms with Gasteiger partial charge in [-0.2, -0.15) is 13.2 Å². The van der Waals surface area contributed by atoms with Crippen molar-refractivity contribution in [2.75, 3.05) is 5.32 Å². The van der Waals surface area contributed by atoms with Gasteiger partial charge >= 0.3 is 6.18 Å². The summed E-state index contributed by atoms with van der Waals surface area (Å²) < 4.78 is 43.0. The van der Waals surface area contributed by atoms with Crippen LogP contribution in [0, 0.1) is 5.92 Å². The molecule has 2 aromatic rings. The van der Waals surface area contributed by atoms with Crippen molar-refractivity contribution >= 4 is 11.6 Å². The molecular formula is C14H11F3N2O3. The summed E-state index contributed by atoms with van der Waals surface area (Å²) in [4.78, 5) is 25.5. The lowest BCUT2D eigenvalue weighted by Gasteiger charge is -2.09. The zero-order valence-electron chi connectivity index (χ0n) is 11.1. The van der Waals surface area contributed by atoms with Gasteiger partial charge in [0.2, 0.25) is 5.91 Å². The highest BCUT2D eigenvalue weighted by Crippen LogP contribution is 2.48. The highest BCUT2D eigenvalue weighted by molar-refractivity contribution is 5.95. The van der Waals surface area contributed by atoms with E-state index in [0.717, 1.165) is 0 Å². The van der Waals surface area contributed by atoms with Gasteiger partial charge in [0.1, 0.15) is 11.4 Å². The Kier molecular flexibility index (Phi) is 3.31. The first-order valence-corrected chi connectivity index (χ1v) is 6.50. The lowest BCUT2D eigenvalue weighted by atomic mass is 10.2. The Morgan fingerprint density at radius 3 is 2.82 bits per heavy atom. The maximum absolute atomic E-state index is 12.6. The molecule has 2 aromatic heterocycles. The Labute approximate surface area is 122 Å². The zero-order chi connectivity index (χ0) is 15.9. The largest absolute Gasteiger partial charge is 0.469 e. The number of furan rings is 1. The minimum absolute atomic E-state index is 0.0973. The molecule has 0 aliphatic heterocycles. The van der Waals surface area contributed by atoms with E-state index in [1.54, 1.807) is 12.1 Å². The molecule has 1 amide bonds. The molecule has 1 saturated carbocycles. The molecule has 0 saturated heterocycles. The van der Waals surface area contributed by atoms with Crippen molar-refractivity contribution in [1.29, 1.82) is 0 Å². The van der Waals surface area contributed by atoms with Crippen LogP contribution in [0.4, 0.5) is 18.9 Å². The fraction of sp³-hybridized carbons (Fsp3) is 0.286. The molecule has 0 aromatic carbocycles. The van der Waals surface area contributed by atoms with Crippen molar-refractivity contribution in [1.82, 2.24) is 4.98 Å². The molecule has 0 spiro atoms. The van der Waals surface area contributed by atoms with E-state index in [2.05, 4.69) is 5.32 Å². The standard InChI is InChI=1S/C14H11F3N2O3/c15-14(16,17)7-4-10(13(21)18-6-7)19-12(20)9-5-8(9)11-2-1-3-22-11/h1-4,6,8-9H,5H2,(H,18,21)(H,19,20)/t8-,9-/m1/s1. The van der Waals surface area contributed by atoms with Crippen LogP contribution in [0.5, 0.6) is 0 Å². The van der Waals surface area contributed by atoms with Crippen LogP contribution in [-0.2, 0) is 11.0 Å². The number of aromatic amines is 1. The number of aromatic nitrogens is 1. The summed E-state index contributed by atoms with van der Waals surface area (Å²) in [6.07, 6.45) is -2.00. The number of H-pyrrole nitrogens is 1. The van der Waals surface area contributed by atoms with Crippen LogP contribution in [0.3, 0.4) is 0 Å². The van der Waals surface area contributed by atoms with Gasteiger partial charge in [-0.3, -0.25) is 9.59 Å². The third-order valence-electron chi connectivity index (χ3n) is 3.52. The average Bonchev–Trinajstić information content (AvgIpc) is 3.06. The van der Waals surface area contributed by atoms with E-state index >= 15 is 0 Å². The van der Waals surface area contributed by atoms with Crippen molar-refractivity contribution in [2.24, 2.45) is 5.92 Å². The lowest BCUT2D eigenvalue weighted by molar-refractivity contribution is -0.137. The molecule has 1 aliphatic rings. The van der Waals surface area contributed by atoms with Crippen molar-refractivity contribution < 1.29 is 22.4 Å². The lowest BCUT2D eigenvalue weighted by Crippen LogP contribution is -2.22. The highest BCUT2D eigenvalue weighted by atomic mass is 19.4. The van der Waals surface area contributed by atoms with Gasteiger partial charge < -0.3 is 14.7 Å². The van der Waals surface area contributed by atoms with Gasteiger partial charge in [-0.25, -0.2) is 0 Å². The summed E-state index contributed by atoms with van der Waals surface area (Å²) >= 11 is 0. The fourth-order valence-electron chi connectivity index (χ4n) is 2.27. The third-order valence-corrected chi connectivity index (χ3v) is 3.52. The molecule has 0 radical (unpaired) electrons. The monoisotopic (exact) mass is 312 g/mol. The number of rotatable bonds is 3. The van der Waals surface area contributed by atoms with Gasteiger partial charge in [0.25, 0.3) is 5.56 Å². The Morgan fingerprint density at radius 2 is 2.18 bits per heavy atom. The zero-order valence-corrected chi connectivity index (χ0v) is 11.1. The maximum Gasteiger partial charge on any atom is 0.417 e. The Morgan fingerprint density at radius 1 is 1.41 bits per heavy atom. The van der Waals surface area contributed by atoms with E-state index in [1.165, 1.54) is 6.26 Å². The number of anilines is 1. The van der Waals surface area contributed by atoms with E-state index in [4.69, 9.17) is 4.42 Å². The SMILES string of the molecule is O=C(Nc1cc(C(F)(F)F)c[nH]c1=O)[C@@H]1C[C@H]1c1ccco1. The van der Waals surface area contributed by atoms with Gasteiger partial charge in [-0.1, -0.05) is 0 Å². The molecule has 3 rings (SSSR count). The van der Waals surface area contributed by atoms with E-state index in [1.807, 2.05) is 4.98 Å². The van der Waals surface area contributed by atoms with Gasteiger partial charge in [-0.15, -0.1) is 0 Å². The number of carbonyl (C=O) groups is 1. The predicted molar refractivity (Wildman–Crippen MR) is 70.3 cm³/mol. The number of hydrogen-bond donors (Lipinski definition) is 2. The molecule has 2 atom stereocenters. The summed E-state index contributed by atoms with van der Waals surface area (Å²) in [6.45, 7) is 0. The van der Waals surface area contributed by atoms with Crippen LogP contribution in [0.1, 0.15) is 23.7 Å². The molecule has 1 aliphatic carbocycles. The Balaban J connectivity index is 1.74. The van der Waals surface area contributed by atoms with Crippen LogP contribution >= 0.6 is 0 Å². The smallest absolute Gasteiger partial charge is 0.417 e. The molecule has 5 nitrogen and oxygen atoms in total. The minimum Gasteiger partial charge on any atom is -0.469 e. The molecule has 8 heteroatoms. The topological polar surface area (TPSA) is 75.1 Å². The summed E-state index contributed by atoms with van der Waals surface area (Å²) in [6, 6.07) is 4.05. The molecule has 2 heterocycles. The third kappa shape index (κ3) is 2.76. The van der Waals surface area contributed by atoms with Crippen LogP contribution in [0.2, 0.25) is 0 Å². The minimum atomic E-state index is -4.60. The second kappa shape index (κ2) is 5.04. The molecular weight excluding hydrogens is 301 g/mol. The number of nitrogens with one attached hydrogen (secondary N) is 2. The van der Waals surface area contributed by atoms with E-state index in [0.29, 0.717) is 24.4 Å². The summed E-state index contributed by atoms with van der Waals surface area (Å²) in [5.74, 6) is -0.343. The van der Waals surface area contributed by atoms with E-state index in [9.17, 15) is 22.8 Å². The van der Waals surface area contributed by atoms with Crippen LogP contribution < -0.4 is 10.9 Å². The van der Waals surface area contributed by atoms with Gasteiger partial charge in [0.15, 0.2) is 0 Å². The quantitative estimate of drug-likeness (QED) is 0.915. The molecule has 0 bridgehead atoms. The van der Waals surface area contributed by atoms with Gasteiger partial charge in [-0.05, 0) is 24.6 Å². The number of hydrogen-bond acceptors (Lipinski definition) is 3. The first kappa shape index (κ1) is 14.4. The molecule has 116 valence electrons. The summed E-state index contributed by atoms with van der Waals surface area (Å²) in [7, 11) is 0. The van der Waals surface area contributed by atoms with E-state index < -0.39 is 34.8 Å². The highest BCUT2D eigenvalue weighted by Gasteiger charge is 2.46. The van der Waals surface area contributed by atoms with E-state index in [-0.39, 0.29) is 5.92 Å². The fourth-order valence-corrected chi connectivity index (χ4v) is 2.27. The molecule has 0 unspecified atom stereocenters. The molecule has 2 N–H and O–H groups in total. The number of amides is 1. The normalized spacial score (nSPS) is 20.7. The molecule has 22 heavy (non-hydrogen) atoms. The van der Waals surface area contributed by atoms with Gasteiger partial charge in [0.05, 0.1) is 11.8 Å². The molecule has 1 fully saturated rings. The van der Waals surface area contributed by atoms with Crippen LogP contribution in [-0.4, -0.2) is 10.9 Å². The Hall–Kier alpha value is -2.51. The van der Waals surface area contributed by atoms with Gasteiger partial charge in [0, 0.05) is 18.0 Å². The summed E-state index contributed by atoms with van der Waals surface area (Å²) in [5, 5.41) is 2.25. The second-order valence-electron chi connectivity index (χ2n) is 5.08. The van der Waals surface area contributed by atoms with Crippen LogP contribution in [0.25, 0.3) is 0 Å². The van der Waals surface area contributed by atoms with Crippen molar-refractivity contribution in [3.8, 4) is 0 Å². The first-order valence-electron chi connectivity index (χ1n) is 6.50. The number of halogens is 3. The van der Waals surface area contributed by atoms with Crippen molar-refractivity contribution in [2.45, 2.75) is 18.5 Å². The maximum atomic E-state index is 12.6. The first-order chi connectivity index (χ1) is 10.4. The summed E-state index contributed by atoms with van der Waals surface area (Å²) in [5.41, 5.74) is -2.22. The number of alkyl halides is 3. The number of pyridine rings is 1. The number of carbonyl (C=O) groups excluding carboxylic acids is 1. The Bertz CT molecular complexity index is 749. The average molecular weight is 312 g/mol. The van der Waals surface area contributed by atoms with Crippen molar-refractivity contribution in [3.05, 3.63) is 52.3 Å². The second-order valence-corrected chi connectivity index (χ2v) is 5.08. The van der Waals surface area contributed by atoms with Crippen LogP contribution in [0.15, 0.2) is 39.9 Å².